The van der Waals surface area contributed by atoms with Crippen molar-refractivity contribution in [2.24, 2.45) is 0 Å². The van der Waals surface area contributed by atoms with Crippen LogP contribution < -0.4 is 10.1 Å². The molecule has 0 spiro atoms. The minimum atomic E-state index is -0.165. The molecule has 0 saturated carbocycles. The Morgan fingerprint density at radius 2 is 1.62 bits per heavy atom. The molecule has 0 aliphatic carbocycles. The van der Waals surface area contributed by atoms with E-state index in [1.807, 2.05) is 60.0 Å². The summed E-state index contributed by atoms with van der Waals surface area (Å²) in [6.45, 7) is 0. The molecule has 4 rings (SSSR count). The van der Waals surface area contributed by atoms with E-state index in [1.54, 1.807) is 11.3 Å². The third kappa shape index (κ3) is 2.93. The maximum atomic E-state index is 12.5. The van der Waals surface area contributed by atoms with E-state index in [4.69, 9.17) is 4.74 Å². The lowest BCUT2D eigenvalue weighted by atomic mass is 9.94. The van der Waals surface area contributed by atoms with E-state index in [1.165, 1.54) is 4.88 Å². The van der Waals surface area contributed by atoms with Crippen LogP contribution in [0.2, 0.25) is 0 Å². The van der Waals surface area contributed by atoms with Gasteiger partial charge in [-0.2, -0.15) is 0 Å². The third-order valence-electron chi connectivity index (χ3n) is 4.16. The summed E-state index contributed by atoms with van der Waals surface area (Å²) in [6.07, 6.45) is 1.26. The minimum Gasteiger partial charge on any atom is -0.457 e. The van der Waals surface area contributed by atoms with Crippen molar-refractivity contribution in [1.82, 2.24) is 5.32 Å². The number of carbonyl (C=O) groups excluding carboxylic acids is 1. The summed E-state index contributed by atoms with van der Waals surface area (Å²) >= 11 is 1.69. The van der Waals surface area contributed by atoms with Crippen molar-refractivity contribution in [2.45, 2.75) is 18.9 Å². The molecule has 2 aromatic carbocycles. The van der Waals surface area contributed by atoms with Gasteiger partial charge in [0.25, 0.3) is 0 Å². The van der Waals surface area contributed by atoms with Gasteiger partial charge in [0.15, 0.2) is 0 Å². The van der Waals surface area contributed by atoms with Gasteiger partial charge in [0.2, 0.25) is 5.91 Å². The molecule has 1 amide bonds. The van der Waals surface area contributed by atoms with E-state index in [-0.39, 0.29) is 11.9 Å². The number of thiophene rings is 1. The van der Waals surface area contributed by atoms with Crippen LogP contribution in [0.15, 0.2) is 66.0 Å². The number of benzene rings is 2. The lowest BCUT2D eigenvalue weighted by Gasteiger charge is -2.28. The fourth-order valence-corrected chi connectivity index (χ4v) is 3.70. The number of amides is 1. The van der Waals surface area contributed by atoms with Crippen molar-refractivity contribution in [3.8, 4) is 11.5 Å². The molecule has 0 bridgehead atoms. The largest absolute Gasteiger partial charge is 0.457 e. The van der Waals surface area contributed by atoms with Gasteiger partial charge in [0, 0.05) is 22.4 Å². The Labute approximate surface area is 144 Å². The molecule has 4 heteroatoms. The number of fused-ring (bicyclic) bond motifs is 2. The van der Waals surface area contributed by atoms with Gasteiger partial charge in [-0.3, -0.25) is 4.79 Å². The average Bonchev–Trinajstić information content (AvgIpc) is 3.13. The van der Waals surface area contributed by atoms with Crippen LogP contribution in [0.4, 0.5) is 0 Å². The van der Waals surface area contributed by atoms with Crippen molar-refractivity contribution in [1.29, 1.82) is 0 Å². The summed E-state index contributed by atoms with van der Waals surface area (Å²) in [5.74, 6) is 1.67. The first-order valence-corrected chi connectivity index (χ1v) is 8.87. The number of hydrogen-bond acceptors (Lipinski definition) is 3. The van der Waals surface area contributed by atoms with Crippen molar-refractivity contribution in [3.05, 3.63) is 82.0 Å². The van der Waals surface area contributed by atoms with Crippen molar-refractivity contribution >= 4 is 17.2 Å². The summed E-state index contributed by atoms with van der Waals surface area (Å²) in [4.78, 5) is 13.7. The molecule has 2 heterocycles. The second-order valence-corrected chi connectivity index (χ2v) is 6.79. The summed E-state index contributed by atoms with van der Waals surface area (Å²) < 4.78 is 5.96. The van der Waals surface area contributed by atoms with Gasteiger partial charge in [-0.05, 0) is 30.0 Å². The maximum absolute atomic E-state index is 12.5. The van der Waals surface area contributed by atoms with E-state index < -0.39 is 0 Å². The SMILES string of the molecule is O=C(CCc1cccs1)NC1c2ccccc2Oc2ccccc21. The zero-order valence-electron chi connectivity index (χ0n) is 13.1. The van der Waals surface area contributed by atoms with Gasteiger partial charge in [-0.25, -0.2) is 0 Å². The number of carbonyl (C=O) groups is 1. The molecule has 0 fully saturated rings. The molecule has 120 valence electrons. The first-order valence-electron chi connectivity index (χ1n) is 7.99. The van der Waals surface area contributed by atoms with Crippen LogP contribution in [-0.2, 0) is 11.2 Å². The zero-order chi connectivity index (χ0) is 16.4. The van der Waals surface area contributed by atoms with E-state index in [9.17, 15) is 4.79 Å². The highest BCUT2D eigenvalue weighted by Gasteiger charge is 2.27. The first kappa shape index (κ1) is 15.0. The van der Waals surface area contributed by atoms with Crippen molar-refractivity contribution < 1.29 is 9.53 Å². The van der Waals surface area contributed by atoms with Crippen LogP contribution >= 0.6 is 11.3 Å². The number of nitrogens with one attached hydrogen (secondary N) is 1. The fraction of sp³-hybridized carbons (Fsp3) is 0.150. The topological polar surface area (TPSA) is 38.3 Å². The van der Waals surface area contributed by atoms with E-state index in [0.29, 0.717) is 6.42 Å². The maximum Gasteiger partial charge on any atom is 0.221 e. The van der Waals surface area contributed by atoms with Gasteiger partial charge >= 0.3 is 0 Å². The highest BCUT2D eigenvalue weighted by Crippen LogP contribution is 2.42. The Bertz CT molecular complexity index is 812. The molecule has 1 N–H and O–H groups in total. The van der Waals surface area contributed by atoms with Gasteiger partial charge in [-0.1, -0.05) is 42.5 Å². The van der Waals surface area contributed by atoms with E-state index in [2.05, 4.69) is 11.4 Å². The highest BCUT2D eigenvalue weighted by atomic mass is 32.1. The molecule has 0 saturated heterocycles. The van der Waals surface area contributed by atoms with Gasteiger partial charge in [0.1, 0.15) is 11.5 Å². The predicted molar refractivity (Wildman–Crippen MR) is 95.6 cm³/mol. The summed E-state index contributed by atoms with van der Waals surface area (Å²) in [6, 6.07) is 19.7. The molecule has 1 aromatic heterocycles. The number of hydrogen-bond donors (Lipinski definition) is 1. The van der Waals surface area contributed by atoms with E-state index >= 15 is 0 Å². The Morgan fingerprint density at radius 3 is 2.25 bits per heavy atom. The molecule has 0 radical (unpaired) electrons. The molecule has 1 aliphatic rings. The molecular weight excluding hydrogens is 318 g/mol. The molecule has 1 aliphatic heterocycles. The zero-order valence-corrected chi connectivity index (χ0v) is 13.9. The van der Waals surface area contributed by atoms with Gasteiger partial charge in [0.05, 0.1) is 6.04 Å². The lowest BCUT2D eigenvalue weighted by Crippen LogP contribution is -2.31. The van der Waals surface area contributed by atoms with Crippen LogP contribution in [0, 0.1) is 0 Å². The van der Waals surface area contributed by atoms with Crippen LogP contribution in [0.1, 0.15) is 28.5 Å². The Balaban J connectivity index is 1.57. The van der Waals surface area contributed by atoms with Gasteiger partial charge in [-0.15, -0.1) is 11.3 Å². The standard InChI is InChI=1S/C20H17NO2S/c22-19(12-11-14-6-5-13-24-14)21-20-15-7-1-3-9-17(15)23-18-10-4-2-8-16(18)20/h1-10,13,20H,11-12H2,(H,21,22). The highest BCUT2D eigenvalue weighted by molar-refractivity contribution is 7.09. The van der Waals surface area contributed by atoms with Crippen molar-refractivity contribution in [3.63, 3.8) is 0 Å². The monoisotopic (exact) mass is 335 g/mol. The molecule has 3 nitrogen and oxygen atoms in total. The lowest BCUT2D eigenvalue weighted by molar-refractivity contribution is -0.121. The number of aryl methyl sites for hydroxylation is 1. The first-order chi connectivity index (χ1) is 11.8. The summed E-state index contributed by atoms with van der Waals surface area (Å²) in [7, 11) is 0. The van der Waals surface area contributed by atoms with Crippen LogP contribution in [0.5, 0.6) is 11.5 Å². The molecule has 0 atom stereocenters. The van der Waals surface area contributed by atoms with E-state index in [0.717, 1.165) is 29.0 Å². The smallest absolute Gasteiger partial charge is 0.221 e. The van der Waals surface area contributed by atoms with Crippen LogP contribution in [-0.4, -0.2) is 5.91 Å². The summed E-state index contributed by atoms with van der Waals surface area (Å²) in [5.41, 5.74) is 2.00. The summed E-state index contributed by atoms with van der Waals surface area (Å²) in [5, 5.41) is 5.22. The minimum absolute atomic E-state index is 0.0555. The Kier molecular flexibility index (Phi) is 4.05. The second kappa shape index (κ2) is 6.49. The number of para-hydroxylation sites is 2. The third-order valence-corrected chi connectivity index (χ3v) is 5.10. The molecule has 24 heavy (non-hydrogen) atoms. The molecular formula is C20H17NO2S. The fourth-order valence-electron chi connectivity index (χ4n) is 2.99. The molecule has 0 unspecified atom stereocenters. The quantitative estimate of drug-likeness (QED) is 0.751. The number of ether oxygens (including phenoxy) is 1. The normalized spacial score (nSPS) is 12.8. The average molecular weight is 335 g/mol. The Hall–Kier alpha value is -2.59. The Morgan fingerprint density at radius 1 is 0.958 bits per heavy atom. The van der Waals surface area contributed by atoms with Gasteiger partial charge < -0.3 is 10.1 Å². The van der Waals surface area contributed by atoms with Crippen LogP contribution in [0.3, 0.4) is 0 Å². The number of rotatable bonds is 4. The predicted octanol–water partition coefficient (Wildman–Crippen LogP) is 4.69. The second-order valence-electron chi connectivity index (χ2n) is 5.76. The molecule has 3 aromatic rings. The van der Waals surface area contributed by atoms with Crippen molar-refractivity contribution in [2.75, 3.05) is 0 Å². The van der Waals surface area contributed by atoms with Crippen LogP contribution in [0.25, 0.3) is 0 Å².